The predicted octanol–water partition coefficient (Wildman–Crippen LogP) is 5.58. The van der Waals surface area contributed by atoms with E-state index >= 15 is 0 Å². The fourth-order valence-corrected chi connectivity index (χ4v) is 6.32. The van der Waals surface area contributed by atoms with Crippen LogP contribution < -0.4 is 5.73 Å². The zero-order chi connectivity index (χ0) is 19.7. The first kappa shape index (κ1) is 19.2. The van der Waals surface area contributed by atoms with E-state index in [1.54, 1.807) is 11.3 Å². The van der Waals surface area contributed by atoms with Gasteiger partial charge in [-0.3, -0.25) is 4.79 Å². The van der Waals surface area contributed by atoms with Gasteiger partial charge >= 0.3 is 0 Å². The van der Waals surface area contributed by atoms with E-state index in [2.05, 4.69) is 55.4 Å². The Morgan fingerprint density at radius 3 is 2.29 bits per heavy atom. The minimum absolute atomic E-state index is 0.287. The minimum atomic E-state index is -0.287. The molecule has 0 aliphatic heterocycles. The molecule has 2 N–H and O–H groups in total. The SMILES string of the molecule is CN(C)C(c1ccccc1)C1CCC(c2sc3ccccc3c2C(N)=O)CC1. The van der Waals surface area contributed by atoms with Crippen LogP contribution in [-0.4, -0.2) is 24.9 Å². The van der Waals surface area contributed by atoms with Gasteiger partial charge in [-0.25, -0.2) is 0 Å². The van der Waals surface area contributed by atoms with E-state index in [9.17, 15) is 4.79 Å². The molecule has 0 bridgehead atoms. The third-order valence-corrected chi connectivity index (χ3v) is 7.49. The molecule has 2 aromatic carbocycles. The van der Waals surface area contributed by atoms with Gasteiger partial charge in [-0.05, 0) is 63.2 Å². The van der Waals surface area contributed by atoms with Gasteiger partial charge in [0.05, 0.1) is 5.56 Å². The highest BCUT2D eigenvalue weighted by Crippen LogP contribution is 2.46. The topological polar surface area (TPSA) is 46.3 Å². The maximum atomic E-state index is 12.2. The van der Waals surface area contributed by atoms with E-state index in [0.717, 1.165) is 23.8 Å². The smallest absolute Gasteiger partial charge is 0.250 e. The number of nitrogens with zero attached hydrogens (tertiary/aromatic N) is 1. The Labute approximate surface area is 171 Å². The van der Waals surface area contributed by atoms with Gasteiger partial charge in [0.2, 0.25) is 5.91 Å². The van der Waals surface area contributed by atoms with Gasteiger partial charge in [-0.1, -0.05) is 48.5 Å². The van der Waals surface area contributed by atoms with Crippen LogP contribution in [0, 0.1) is 5.92 Å². The number of primary amides is 1. The highest BCUT2D eigenvalue weighted by atomic mass is 32.1. The Bertz CT molecular complexity index is 955. The third-order valence-electron chi connectivity index (χ3n) is 6.16. The summed E-state index contributed by atoms with van der Waals surface area (Å²) in [5, 5.41) is 1.02. The largest absolute Gasteiger partial charge is 0.366 e. The van der Waals surface area contributed by atoms with Crippen molar-refractivity contribution < 1.29 is 4.79 Å². The first-order valence-electron chi connectivity index (χ1n) is 10.1. The Balaban J connectivity index is 1.57. The summed E-state index contributed by atoms with van der Waals surface area (Å²) in [7, 11) is 4.36. The minimum Gasteiger partial charge on any atom is -0.366 e. The Kier molecular flexibility index (Phi) is 5.51. The van der Waals surface area contributed by atoms with Crippen LogP contribution in [0.2, 0.25) is 0 Å². The lowest BCUT2D eigenvalue weighted by Crippen LogP contribution is -2.30. The molecule has 1 aromatic heterocycles. The van der Waals surface area contributed by atoms with Crippen molar-refractivity contribution >= 4 is 27.3 Å². The van der Waals surface area contributed by atoms with E-state index in [-0.39, 0.29) is 5.91 Å². The summed E-state index contributed by atoms with van der Waals surface area (Å²) < 4.78 is 1.17. The van der Waals surface area contributed by atoms with E-state index < -0.39 is 0 Å². The van der Waals surface area contributed by atoms with Gasteiger partial charge in [-0.15, -0.1) is 11.3 Å². The van der Waals surface area contributed by atoms with Crippen LogP contribution in [0.5, 0.6) is 0 Å². The molecule has 0 saturated heterocycles. The molecule has 0 radical (unpaired) electrons. The average molecular weight is 393 g/mol. The quantitative estimate of drug-likeness (QED) is 0.616. The number of rotatable bonds is 5. The molecule has 3 aromatic rings. The number of carbonyl (C=O) groups is 1. The molecule has 146 valence electrons. The first-order valence-corrected chi connectivity index (χ1v) is 10.9. The lowest BCUT2D eigenvalue weighted by atomic mass is 9.75. The van der Waals surface area contributed by atoms with Crippen molar-refractivity contribution in [3.05, 3.63) is 70.6 Å². The third kappa shape index (κ3) is 3.59. The lowest BCUT2D eigenvalue weighted by molar-refractivity contribution is 0.1000. The molecule has 1 aliphatic rings. The molecule has 0 spiro atoms. The molecular weight excluding hydrogens is 364 g/mol. The Morgan fingerprint density at radius 1 is 1.00 bits per heavy atom. The summed E-state index contributed by atoms with van der Waals surface area (Å²) in [6.07, 6.45) is 4.59. The van der Waals surface area contributed by atoms with Crippen LogP contribution in [0.1, 0.15) is 58.4 Å². The normalized spacial score (nSPS) is 21.1. The van der Waals surface area contributed by atoms with Crippen molar-refractivity contribution in [1.82, 2.24) is 4.90 Å². The van der Waals surface area contributed by atoms with Crippen LogP contribution in [0.25, 0.3) is 10.1 Å². The molecular formula is C24H28N2OS. The Morgan fingerprint density at radius 2 is 1.64 bits per heavy atom. The van der Waals surface area contributed by atoms with E-state index in [1.165, 1.54) is 28.0 Å². The number of nitrogens with two attached hydrogens (primary N) is 1. The number of benzene rings is 2. The van der Waals surface area contributed by atoms with Gasteiger partial charge in [0.1, 0.15) is 0 Å². The van der Waals surface area contributed by atoms with Crippen molar-refractivity contribution in [2.75, 3.05) is 14.1 Å². The molecule has 28 heavy (non-hydrogen) atoms. The molecule has 1 amide bonds. The van der Waals surface area contributed by atoms with Crippen LogP contribution >= 0.6 is 11.3 Å². The van der Waals surface area contributed by atoms with Crippen LogP contribution in [0.15, 0.2) is 54.6 Å². The number of fused-ring (bicyclic) bond motifs is 1. The number of carbonyl (C=O) groups excluding carboxylic acids is 1. The summed E-state index contributed by atoms with van der Waals surface area (Å²) in [6, 6.07) is 19.4. The molecule has 1 saturated carbocycles. The second-order valence-corrected chi connectivity index (χ2v) is 9.22. The molecule has 1 fully saturated rings. The summed E-state index contributed by atoms with van der Waals surface area (Å²) in [4.78, 5) is 15.8. The molecule has 1 unspecified atom stereocenters. The maximum Gasteiger partial charge on any atom is 0.250 e. The highest BCUT2D eigenvalue weighted by molar-refractivity contribution is 7.19. The number of hydrogen-bond acceptors (Lipinski definition) is 3. The van der Waals surface area contributed by atoms with E-state index in [1.807, 2.05) is 18.2 Å². The van der Waals surface area contributed by atoms with Gasteiger partial charge < -0.3 is 10.6 Å². The monoisotopic (exact) mass is 392 g/mol. The zero-order valence-corrected chi connectivity index (χ0v) is 17.4. The van der Waals surface area contributed by atoms with Gasteiger partial charge in [-0.2, -0.15) is 0 Å². The number of thiophene rings is 1. The summed E-state index contributed by atoms with van der Waals surface area (Å²) >= 11 is 1.76. The molecule has 4 heteroatoms. The van der Waals surface area contributed by atoms with Crippen LogP contribution in [-0.2, 0) is 0 Å². The highest BCUT2D eigenvalue weighted by Gasteiger charge is 2.32. The number of hydrogen-bond donors (Lipinski definition) is 1. The molecule has 1 atom stereocenters. The summed E-state index contributed by atoms with van der Waals surface area (Å²) in [6.45, 7) is 0. The molecule has 1 heterocycles. The standard InChI is InChI=1S/C24H28N2OS/c1-26(2)22(16-8-4-3-5-9-16)17-12-14-18(15-13-17)23-21(24(25)27)19-10-6-7-11-20(19)28-23/h3-11,17-18,22H,12-15H2,1-2H3,(H2,25,27). The van der Waals surface area contributed by atoms with Crippen molar-refractivity contribution in [2.24, 2.45) is 11.7 Å². The average Bonchev–Trinajstić information content (AvgIpc) is 3.09. The number of amides is 1. The first-order chi connectivity index (χ1) is 13.6. The second-order valence-electron chi connectivity index (χ2n) is 8.13. The van der Waals surface area contributed by atoms with Gasteiger partial charge in [0.25, 0.3) is 0 Å². The van der Waals surface area contributed by atoms with Gasteiger partial charge in [0, 0.05) is 21.0 Å². The van der Waals surface area contributed by atoms with Crippen molar-refractivity contribution in [2.45, 2.75) is 37.6 Å². The summed E-state index contributed by atoms with van der Waals surface area (Å²) in [5.41, 5.74) is 7.94. The fourth-order valence-electron chi connectivity index (χ4n) is 4.95. The molecule has 4 rings (SSSR count). The second kappa shape index (κ2) is 8.06. The van der Waals surface area contributed by atoms with Crippen LogP contribution in [0.3, 0.4) is 0 Å². The zero-order valence-electron chi connectivity index (χ0n) is 16.6. The van der Waals surface area contributed by atoms with Crippen molar-refractivity contribution in [3.8, 4) is 0 Å². The van der Waals surface area contributed by atoms with Crippen LogP contribution in [0.4, 0.5) is 0 Å². The van der Waals surface area contributed by atoms with Crippen molar-refractivity contribution in [3.63, 3.8) is 0 Å². The summed E-state index contributed by atoms with van der Waals surface area (Å²) in [5.74, 6) is 0.791. The maximum absolute atomic E-state index is 12.2. The lowest BCUT2D eigenvalue weighted by Gasteiger charge is -2.37. The van der Waals surface area contributed by atoms with E-state index in [0.29, 0.717) is 17.9 Å². The molecule has 3 nitrogen and oxygen atoms in total. The predicted molar refractivity (Wildman–Crippen MR) is 118 cm³/mol. The fraction of sp³-hybridized carbons (Fsp3) is 0.375. The van der Waals surface area contributed by atoms with E-state index in [4.69, 9.17) is 5.73 Å². The molecule has 1 aliphatic carbocycles. The van der Waals surface area contributed by atoms with Gasteiger partial charge in [0.15, 0.2) is 0 Å². The van der Waals surface area contributed by atoms with Crippen molar-refractivity contribution in [1.29, 1.82) is 0 Å². The Hall–Kier alpha value is -2.17.